The van der Waals surface area contributed by atoms with Crippen LogP contribution in [0.5, 0.6) is 0 Å². The number of phosphoric acid groups is 1. The Morgan fingerprint density at radius 3 is 1.02 bits per heavy atom. The minimum atomic E-state index is -4.61. The summed E-state index contributed by atoms with van der Waals surface area (Å²) in [5.74, 6) is -0.902. The van der Waals surface area contributed by atoms with Crippen LogP contribution in [0.1, 0.15) is 271 Å². The number of hydrogen-bond donors (Lipinski definition) is 3. The standard InChI is InChI=1S/C50H99O10P/c1-3-5-7-9-11-13-15-17-19-21-23-24-26-28-30-32-34-36-38-40-42-50(54)60-48(46-59-61(55,56)58-44-47(52)43-51)45-57-49(53)41-39-37-35-33-31-29-27-25-22-20-18-16-14-12-10-8-6-4-2/h47-48,51-52H,3-46H2,1-2H3,(H,55,56). The molecule has 10 nitrogen and oxygen atoms in total. The van der Waals surface area contributed by atoms with Gasteiger partial charge in [0.1, 0.15) is 12.7 Å². The van der Waals surface area contributed by atoms with Crippen LogP contribution in [0.25, 0.3) is 0 Å². The number of aliphatic hydroxyl groups excluding tert-OH is 2. The first-order valence-corrected chi connectivity index (χ1v) is 27.5. The Morgan fingerprint density at radius 2 is 0.705 bits per heavy atom. The second-order valence-corrected chi connectivity index (χ2v) is 19.4. The van der Waals surface area contributed by atoms with Crippen LogP contribution in [0.4, 0.5) is 0 Å². The predicted octanol–water partition coefficient (Wildman–Crippen LogP) is 14.6. The minimum absolute atomic E-state index is 0.193. The average molecular weight is 891 g/mol. The molecule has 0 saturated carbocycles. The fourth-order valence-corrected chi connectivity index (χ4v) is 8.55. The van der Waals surface area contributed by atoms with Gasteiger partial charge in [-0.2, -0.15) is 0 Å². The number of phosphoric ester groups is 1. The molecule has 0 spiro atoms. The number of ether oxygens (including phenoxy) is 2. The van der Waals surface area contributed by atoms with Crippen molar-refractivity contribution in [2.45, 2.75) is 283 Å². The molecule has 0 saturated heterocycles. The molecule has 0 aliphatic carbocycles. The molecular formula is C50H99O10P. The second kappa shape index (κ2) is 46.9. The Balaban J connectivity index is 4.12. The van der Waals surface area contributed by atoms with E-state index in [1.807, 2.05) is 0 Å². The zero-order valence-corrected chi connectivity index (χ0v) is 40.8. The monoisotopic (exact) mass is 891 g/mol. The highest BCUT2D eigenvalue weighted by atomic mass is 31.2. The lowest BCUT2D eigenvalue weighted by Gasteiger charge is -2.20. The van der Waals surface area contributed by atoms with Crippen molar-refractivity contribution >= 4 is 19.8 Å². The van der Waals surface area contributed by atoms with Crippen molar-refractivity contribution in [1.82, 2.24) is 0 Å². The Labute approximate surface area is 375 Å². The first kappa shape index (κ1) is 60.0. The van der Waals surface area contributed by atoms with E-state index >= 15 is 0 Å². The maximum atomic E-state index is 12.7. The molecule has 0 radical (unpaired) electrons. The zero-order chi connectivity index (χ0) is 44.8. The Hall–Kier alpha value is -1.03. The van der Waals surface area contributed by atoms with Crippen molar-refractivity contribution in [2.24, 2.45) is 0 Å². The van der Waals surface area contributed by atoms with Gasteiger partial charge in [0.2, 0.25) is 0 Å². The molecule has 3 atom stereocenters. The summed E-state index contributed by atoms with van der Waals surface area (Å²) >= 11 is 0. The molecule has 0 aromatic rings. The first-order valence-electron chi connectivity index (χ1n) is 26.0. The molecule has 61 heavy (non-hydrogen) atoms. The van der Waals surface area contributed by atoms with Gasteiger partial charge in [-0.15, -0.1) is 0 Å². The smallest absolute Gasteiger partial charge is 0.462 e. The Bertz CT molecular complexity index is 982. The predicted molar refractivity (Wildman–Crippen MR) is 252 cm³/mol. The summed E-state index contributed by atoms with van der Waals surface area (Å²) in [4.78, 5) is 35.2. The lowest BCUT2D eigenvalue weighted by molar-refractivity contribution is -0.161. The summed E-state index contributed by atoms with van der Waals surface area (Å²) in [7, 11) is -4.61. The number of unbranched alkanes of at least 4 members (excludes halogenated alkanes) is 36. The van der Waals surface area contributed by atoms with Crippen molar-refractivity contribution < 1.29 is 47.8 Å². The summed E-state index contributed by atoms with van der Waals surface area (Å²) in [6.07, 6.45) is 46.4. The average Bonchev–Trinajstić information content (AvgIpc) is 3.25. The summed E-state index contributed by atoms with van der Waals surface area (Å²) < 4.78 is 32.9. The van der Waals surface area contributed by atoms with E-state index in [4.69, 9.17) is 23.6 Å². The van der Waals surface area contributed by atoms with E-state index in [1.54, 1.807) is 0 Å². The summed E-state index contributed by atoms with van der Waals surface area (Å²) in [5, 5.41) is 18.4. The largest absolute Gasteiger partial charge is 0.472 e. The molecule has 0 amide bonds. The van der Waals surface area contributed by atoms with Gasteiger partial charge in [0.15, 0.2) is 6.10 Å². The van der Waals surface area contributed by atoms with Gasteiger partial charge in [0.25, 0.3) is 0 Å². The van der Waals surface area contributed by atoms with Crippen LogP contribution in [0.15, 0.2) is 0 Å². The highest BCUT2D eigenvalue weighted by Crippen LogP contribution is 2.43. The molecular weight excluding hydrogens is 792 g/mol. The summed E-state index contributed by atoms with van der Waals surface area (Å²) in [6.45, 7) is 2.46. The Kier molecular flexibility index (Phi) is 46.2. The molecule has 0 aliphatic heterocycles. The molecule has 0 fully saturated rings. The number of aliphatic hydroxyl groups is 2. The van der Waals surface area contributed by atoms with Gasteiger partial charge in [-0.25, -0.2) is 4.57 Å². The van der Waals surface area contributed by atoms with E-state index in [2.05, 4.69) is 13.8 Å². The highest BCUT2D eigenvalue weighted by molar-refractivity contribution is 7.47. The fourth-order valence-electron chi connectivity index (χ4n) is 7.76. The maximum Gasteiger partial charge on any atom is 0.472 e. The number of esters is 2. The molecule has 364 valence electrons. The lowest BCUT2D eigenvalue weighted by atomic mass is 10.0. The topological polar surface area (TPSA) is 149 Å². The first-order chi connectivity index (χ1) is 29.7. The number of carbonyl (C=O) groups is 2. The fraction of sp³-hybridized carbons (Fsp3) is 0.960. The van der Waals surface area contributed by atoms with Crippen LogP contribution in [0.3, 0.4) is 0 Å². The van der Waals surface area contributed by atoms with Crippen LogP contribution < -0.4 is 0 Å². The zero-order valence-electron chi connectivity index (χ0n) is 39.9. The van der Waals surface area contributed by atoms with Crippen molar-refractivity contribution in [3.05, 3.63) is 0 Å². The SMILES string of the molecule is CCCCCCCCCCCCCCCCCCCCCCC(=O)OC(COC(=O)CCCCCCCCCCCCCCCCCCCC)COP(=O)(O)OCC(O)CO. The van der Waals surface area contributed by atoms with E-state index in [0.29, 0.717) is 12.8 Å². The molecule has 0 rings (SSSR count). The van der Waals surface area contributed by atoms with E-state index < -0.39 is 51.8 Å². The third-order valence-electron chi connectivity index (χ3n) is 11.8. The second-order valence-electron chi connectivity index (χ2n) is 17.9. The van der Waals surface area contributed by atoms with E-state index in [0.717, 1.165) is 32.1 Å². The third kappa shape index (κ3) is 46.8. The van der Waals surface area contributed by atoms with Crippen LogP contribution in [0.2, 0.25) is 0 Å². The number of rotatable bonds is 50. The lowest BCUT2D eigenvalue weighted by Crippen LogP contribution is -2.29. The van der Waals surface area contributed by atoms with Crippen LogP contribution in [-0.2, 0) is 32.7 Å². The van der Waals surface area contributed by atoms with E-state index in [-0.39, 0.29) is 19.4 Å². The van der Waals surface area contributed by atoms with Gasteiger partial charge >= 0.3 is 19.8 Å². The van der Waals surface area contributed by atoms with Crippen LogP contribution >= 0.6 is 7.82 Å². The maximum absolute atomic E-state index is 12.7. The molecule has 0 aromatic heterocycles. The van der Waals surface area contributed by atoms with E-state index in [1.165, 1.54) is 199 Å². The normalized spacial score (nSPS) is 13.6. The van der Waals surface area contributed by atoms with Crippen LogP contribution in [0, 0.1) is 0 Å². The number of hydrogen-bond acceptors (Lipinski definition) is 9. The Morgan fingerprint density at radius 1 is 0.426 bits per heavy atom. The van der Waals surface area contributed by atoms with Crippen molar-refractivity contribution in [3.8, 4) is 0 Å². The molecule has 11 heteroatoms. The minimum Gasteiger partial charge on any atom is -0.462 e. The van der Waals surface area contributed by atoms with Gasteiger partial charge in [0, 0.05) is 12.8 Å². The van der Waals surface area contributed by atoms with Crippen molar-refractivity contribution in [2.75, 3.05) is 26.4 Å². The van der Waals surface area contributed by atoms with Gasteiger partial charge in [-0.3, -0.25) is 18.6 Å². The van der Waals surface area contributed by atoms with Gasteiger partial charge in [-0.1, -0.05) is 245 Å². The van der Waals surface area contributed by atoms with Crippen molar-refractivity contribution in [1.29, 1.82) is 0 Å². The van der Waals surface area contributed by atoms with Gasteiger partial charge in [0.05, 0.1) is 19.8 Å². The van der Waals surface area contributed by atoms with Gasteiger partial charge < -0.3 is 24.6 Å². The molecule has 0 aromatic carbocycles. The van der Waals surface area contributed by atoms with Crippen LogP contribution in [-0.4, -0.2) is 65.7 Å². The quantitative estimate of drug-likeness (QED) is 0.0306. The summed E-state index contributed by atoms with van der Waals surface area (Å²) in [5.41, 5.74) is 0. The summed E-state index contributed by atoms with van der Waals surface area (Å²) in [6, 6.07) is 0. The molecule has 0 bridgehead atoms. The molecule has 3 unspecified atom stereocenters. The molecule has 0 aliphatic rings. The van der Waals surface area contributed by atoms with Crippen molar-refractivity contribution in [3.63, 3.8) is 0 Å². The third-order valence-corrected chi connectivity index (χ3v) is 12.7. The highest BCUT2D eigenvalue weighted by Gasteiger charge is 2.27. The van der Waals surface area contributed by atoms with Gasteiger partial charge in [-0.05, 0) is 12.8 Å². The molecule has 0 heterocycles. The molecule has 3 N–H and O–H groups in total. The van der Waals surface area contributed by atoms with E-state index in [9.17, 15) is 24.2 Å². The number of carbonyl (C=O) groups excluding carboxylic acids is 2.